The van der Waals surface area contributed by atoms with E-state index in [0.717, 1.165) is 5.56 Å². The minimum atomic E-state index is 0.0263. The Balaban J connectivity index is 3.11. The van der Waals surface area contributed by atoms with Crippen molar-refractivity contribution < 1.29 is 9.90 Å². The maximum atomic E-state index is 11.6. The summed E-state index contributed by atoms with van der Waals surface area (Å²) in [5, 5.41) is 9.69. The highest BCUT2D eigenvalue weighted by atomic mass is 16.3. The molecule has 0 aliphatic rings. The minimum absolute atomic E-state index is 0.0263. The molecular formula is C12H17NO2. The molecule has 0 aromatic heterocycles. The van der Waals surface area contributed by atoms with Crippen molar-refractivity contribution >= 4 is 11.6 Å². The van der Waals surface area contributed by atoms with Crippen LogP contribution >= 0.6 is 0 Å². The number of carbonyl (C=O) groups excluding carboxylic acids is 1. The highest BCUT2D eigenvalue weighted by Crippen LogP contribution is 2.28. The third kappa shape index (κ3) is 2.49. The molecule has 1 rings (SSSR count). The van der Waals surface area contributed by atoms with Crippen LogP contribution in [0.5, 0.6) is 5.75 Å². The Bertz CT molecular complexity index is 361. The highest BCUT2D eigenvalue weighted by molar-refractivity contribution is 5.94. The molecule has 82 valence electrons. The molecule has 0 atom stereocenters. The first-order valence-corrected chi connectivity index (χ1v) is 5.20. The van der Waals surface area contributed by atoms with Crippen LogP contribution in [-0.2, 0) is 4.79 Å². The lowest BCUT2D eigenvalue weighted by Crippen LogP contribution is -2.29. The molecule has 0 fully saturated rings. The molecule has 0 aliphatic heterocycles. The van der Waals surface area contributed by atoms with E-state index in [-0.39, 0.29) is 11.7 Å². The molecule has 1 N–H and O–H groups in total. The van der Waals surface area contributed by atoms with Gasteiger partial charge in [0.1, 0.15) is 5.75 Å². The van der Waals surface area contributed by atoms with Crippen molar-refractivity contribution in [2.45, 2.75) is 27.2 Å². The fourth-order valence-electron chi connectivity index (χ4n) is 1.52. The van der Waals surface area contributed by atoms with E-state index in [1.54, 1.807) is 11.0 Å². The Morgan fingerprint density at radius 1 is 1.40 bits per heavy atom. The smallest absolute Gasteiger partial charge is 0.226 e. The van der Waals surface area contributed by atoms with Crippen LogP contribution in [0.4, 0.5) is 5.69 Å². The molecular weight excluding hydrogens is 190 g/mol. The summed E-state index contributed by atoms with van der Waals surface area (Å²) >= 11 is 0. The number of anilines is 1. The van der Waals surface area contributed by atoms with Crippen LogP contribution < -0.4 is 4.90 Å². The van der Waals surface area contributed by atoms with E-state index in [1.165, 1.54) is 0 Å². The highest BCUT2D eigenvalue weighted by Gasteiger charge is 2.15. The largest absolute Gasteiger partial charge is 0.506 e. The zero-order valence-electron chi connectivity index (χ0n) is 9.45. The first-order valence-electron chi connectivity index (χ1n) is 5.20. The van der Waals surface area contributed by atoms with Crippen molar-refractivity contribution in [3.63, 3.8) is 0 Å². The number of benzene rings is 1. The number of rotatable bonds is 3. The zero-order valence-corrected chi connectivity index (χ0v) is 9.45. The molecule has 0 bridgehead atoms. The van der Waals surface area contributed by atoms with Crippen molar-refractivity contribution in [2.24, 2.45) is 0 Å². The molecule has 3 nitrogen and oxygen atoms in total. The molecule has 0 heterocycles. The summed E-state index contributed by atoms with van der Waals surface area (Å²) in [6.07, 6.45) is 0.446. The van der Waals surface area contributed by atoms with E-state index in [2.05, 4.69) is 0 Å². The van der Waals surface area contributed by atoms with Gasteiger partial charge in [0, 0.05) is 13.0 Å². The number of nitrogens with zero attached hydrogens (tertiary/aromatic N) is 1. The van der Waals surface area contributed by atoms with Crippen molar-refractivity contribution in [2.75, 3.05) is 11.4 Å². The molecule has 1 aromatic rings. The van der Waals surface area contributed by atoms with Crippen LogP contribution in [0.25, 0.3) is 0 Å². The van der Waals surface area contributed by atoms with Crippen molar-refractivity contribution in [1.29, 1.82) is 0 Å². The van der Waals surface area contributed by atoms with Crippen LogP contribution in [0.2, 0.25) is 0 Å². The number of amides is 1. The van der Waals surface area contributed by atoms with Crippen LogP contribution in [0.1, 0.15) is 25.8 Å². The first-order chi connectivity index (χ1) is 7.10. The Labute approximate surface area is 90.3 Å². The molecule has 0 unspecified atom stereocenters. The number of carbonyl (C=O) groups is 1. The van der Waals surface area contributed by atoms with Crippen molar-refractivity contribution in [3.8, 4) is 5.75 Å². The summed E-state index contributed by atoms with van der Waals surface area (Å²) < 4.78 is 0. The van der Waals surface area contributed by atoms with Crippen molar-refractivity contribution in [1.82, 2.24) is 0 Å². The number of hydrogen-bond donors (Lipinski definition) is 1. The van der Waals surface area contributed by atoms with Gasteiger partial charge >= 0.3 is 0 Å². The number of aryl methyl sites for hydroxylation is 1. The predicted molar refractivity (Wildman–Crippen MR) is 61.2 cm³/mol. The fourth-order valence-corrected chi connectivity index (χ4v) is 1.52. The molecule has 0 aliphatic carbocycles. The SMILES string of the molecule is CCC(=O)N(CC)c1cc(C)ccc1O. The second-order valence-electron chi connectivity index (χ2n) is 3.48. The molecule has 0 saturated carbocycles. The molecule has 3 heteroatoms. The normalized spacial score (nSPS) is 10.1. The fraction of sp³-hybridized carbons (Fsp3) is 0.417. The van der Waals surface area contributed by atoms with Crippen LogP contribution in [0.15, 0.2) is 18.2 Å². The van der Waals surface area contributed by atoms with Crippen molar-refractivity contribution in [3.05, 3.63) is 23.8 Å². The van der Waals surface area contributed by atoms with Gasteiger partial charge in [0.05, 0.1) is 5.69 Å². The second-order valence-corrected chi connectivity index (χ2v) is 3.48. The summed E-state index contributed by atoms with van der Waals surface area (Å²) in [5.74, 6) is 0.183. The third-order valence-electron chi connectivity index (χ3n) is 2.34. The van der Waals surface area contributed by atoms with Crippen LogP contribution in [0, 0.1) is 6.92 Å². The summed E-state index contributed by atoms with van der Waals surface area (Å²) in [7, 11) is 0. The first kappa shape index (κ1) is 11.6. The van der Waals surface area contributed by atoms with E-state index in [0.29, 0.717) is 18.7 Å². The Kier molecular flexibility index (Phi) is 3.72. The lowest BCUT2D eigenvalue weighted by Gasteiger charge is -2.21. The van der Waals surface area contributed by atoms with Gasteiger partial charge in [0.25, 0.3) is 0 Å². The third-order valence-corrected chi connectivity index (χ3v) is 2.34. The lowest BCUT2D eigenvalue weighted by molar-refractivity contribution is -0.118. The van der Waals surface area contributed by atoms with E-state index in [1.807, 2.05) is 32.9 Å². The summed E-state index contributed by atoms with van der Waals surface area (Å²) in [6.45, 7) is 6.23. The van der Waals surface area contributed by atoms with Gasteiger partial charge in [-0.25, -0.2) is 0 Å². The van der Waals surface area contributed by atoms with E-state index < -0.39 is 0 Å². The lowest BCUT2D eigenvalue weighted by atomic mass is 10.2. The van der Waals surface area contributed by atoms with Gasteiger partial charge in [0.2, 0.25) is 5.91 Å². The van der Waals surface area contributed by atoms with Gasteiger partial charge in [-0.2, -0.15) is 0 Å². The van der Waals surface area contributed by atoms with Gasteiger partial charge in [-0.15, -0.1) is 0 Å². The topological polar surface area (TPSA) is 40.5 Å². The van der Waals surface area contributed by atoms with Gasteiger partial charge in [-0.1, -0.05) is 13.0 Å². The van der Waals surface area contributed by atoms with Gasteiger partial charge in [-0.05, 0) is 31.5 Å². The van der Waals surface area contributed by atoms with E-state index in [9.17, 15) is 9.90 Å². The number of hydrogen-bond acceptors (Lipinski definition) is 2. The maximum Gasteiger partial charge on any atom is 0.226 e. The Morgan fingerprint density at radius 3 is 2.60 bits per heavy atom. The number of phenolic OH excluding ortho intramolecular Hbond substituents is 1. The van der Waals surface area contributed by atoms with Gasteiger partial charge in [-0.3, -0.25) is 4.79 Å². The predicted octanol–water partition coefficient (Wildman–Crippen LogP) is 2.46. The monoisotopic (exact) mass is 207 g/mol. The molecule has 15 heavy (non-hydrogen) atoms. The van der Waals surface area contributed by atoms with Gasteiger partial charge in [0.15, 0.2) is 0 Å². The van der Waals surface area contributed by atoms with Gasteiger partial charge < -0.3 is 10.0 Å². The number of phenols is 1. The molecule has 1 amide bonds. The standard InChI is InChI=1S/C12H17NO2/c1-4-12(15)13(5-2)10-8-9(3)6-7-11(10)14/h6-8,14H,4-5H2,1-3H3. The average Bonchev–Trinajstić information content (AvgIpc) is 2.23. The summed E-state index contributed by atoms with van der Waals surface area (Å²) in [6, 6.07) is 5.27. The van der Waals surface area contributed by atoms with Crippen LogP contribution in [0.3, 0.4) is 0 Å². The molecule has 0 spiro atoms. The molecule has 0 saturated heterocycles. The van der Waals surface area contributed by atoms with E-state index >= 15 is 0 Å². The summed E-state index contributed by atoms with van der Waals surface area (Å²) in [5.41, 5.74) is 1.63. The minimum Gasteiger partial charge on any atom is -0.506 e. The number of aromatic hydroxyl groups is 1. The second kappa shape index (κ2) is 4.82. The zero-order chi connectivity index (χ0) is 11.4. The Hall–Kier alpha value is -1.51. The average molecular weight is 207 g/mol. The van der Waals surface area contributed by atoms with E-state index in [4.69, 9.17) is 0 Å². The Morgan fingerprint density at radius 2 is 2.07 bits per heavy atom. The maximum absolute atomic E-state index is 11.6. The molecule has 1 aromatic carbocycles. The molecule has 0 radical (unpaired) electrons. The quantitative estimate of drug-likeness (QED) is 0.827. The van der Waals surface area contributed by atoms with Crippen LogP contribution in [-0.4, -0.2) is 17.6 Å². The summed E-state index contributed by atoms with van der Waals surface area (Å²) in [4.78, 5) is 13.2.